The van der Waals surface area contributed by atoms with Gasteiger partial charge in [-0.3, -0.25) is 0 Å². The van der Waals surface area contributed by atoms with E-state index in [1.54, 1.807) is 24.3 Å². The molecule has 0 aliphatic heterocycles. The Hall–Kier alpha value is -3.04. The number of aromatic hydroxyl groups is 1. The molecule has 0 aliphatic carbocycles. The molecule has 3 nitrogen and oxygen atoms in total. The summed E-state index contributed by atoms with van der Waals surface area (Å²) in [4.78, 5) is 0. The highest BCUT2D eigenvalue weighted by Gasteiger charge is 2.10. The van der Waals surface area contributed by atoms with E-state index in [-0.39, 0.29) is 5.75 Å². The molecule has 3 heteroatoms. The molecule has 0 aromatic heterocycles. The van der Waals surface area contributed by atoms with Crippen molar-refractivity contribution < 1.29 is 5.11 Å². The summed E-state index contributed by atoms with van der Waals surface area (Å²) in [5, 5.41) is 27.8. The van der Waals surface area contributed by atoms with Crippen molar-refractivity contribution in [2.45, 2.75) is 0 Å². The standard InChI is InChI=1S/C16H10N2O/c17-10-15(12-4-2-1-3-5-12)16(11-18)13-6-8-14(19)9-7-13/h1-9,19H/b16-15+. The number of phenolic OH excluding ortho intramolecular Hbond substituents is 1. The third-order valence-corrected chi connectivity index (χ3v) is 2.69. The third-order valence-electron chi connectivity index (χ3n) is 2.69. The molecule has 0 unspecified atom stereocenters. The lowest BCUT2D eigenvalue weighted by molar-refractivity contribution is 0.475. The molecule has 0 aliphatic rings. The van der Waals surface area contributed by atoms with E-state index in [1.807, 2.05) is 18.2 Å². The van der Waals surface area contributed by atoms with E-state index in [2.05, 4.69) is 12.1 Å². The number of phenols is 1. The van der Waals surface area contributed by atoms with Gasteiger partial charge in [0.25, 0.3) is 0 Å². The van der Waals surface area contributed by atoms with Gasteiger partial charge in [-0.15, -0.1) is 0 Å². The quantitative estimate of drug-likeness (QED) is 0.652. The molecule has 0 amide bonds. The van der Waals surface area contributed by atoms with Gasteiger partial charge >= 0.3 is 0 Å². The van der Waals surface area contributed by atoms with Crippen LogP contribution in [0.5, 0.6) is 5.75 Å². The molecule has 0 heterocycles. The monoisotopic (exact) mass is 246 g/mol. The average Bonchev–Trinajstić information content (AvgIpc) is 2.47. The second-order valence-corrected chi connectivity index (χ2v) is 3.89. The van der Waals surface area contributed by atoms with Crippen molar-refractivity contribution in [2.24, 2.45) is 0 Å². The lowest BCUT2D eigenvalue weighted by Crippen LogP contribution is -1.89. The average molecular weight is 246 g/mol. The highest BCUT2D eigenvalue weighted by atomic mass is 16.3. The Kier molecular flexibility index (Phi) is 3.61. The normalized spacial score (nSPS) is 11.1. The molecule has 19 heavy (non-hydrogen) atoms. The van der Waals surface area contributed by atoms with Crippen LogP contribution in [-0.2, 0) is 0 Å². The Balaban J connectivity index is 2.61. The van der Waals surface area contributed by atoms with E-state index in [0.29, 0.717) is 22.3 Å². The second kappa shape index (κ2) is 5.53. The number of hydrogen-bond donors (Lipinski definition) is 1. The van der Waals surface area contributed by atoms with E-state index >= 15 is 0 Å². The van der Waals surface area contributed by atoms with Crippen molar-refractivity contribution in [2.75, 3.05) is 0 Å². The van der Waals surface area contributed by atoms with Gasteiger partial charge in [0.05, 0.1) is 11.1 Å². The number of hydrogen-bond acceptors (Lipinski definition) is 3. The molecule has 90 valence electrons. The number of nitrogens with zero attached hydrogens (tertiary/aromatic N) is 2. The van der Waals surface area contributed by atoms with Gasteiger partial charge in [-0.05, 0) is 35.4 Å². The Morgan fingerprint density at radius 2 is 1.21 bits per heavy atom. The predicted molar refractivity (Wildman–Crippen MR) is 72.6 cm³/mol. The van der Waals surface area contributed by atoms with Gasteiger partial charge in [0.2, 0.25) is 0 Å². The van der Waals surface area contributed by atoms with Crippen molar-refractivity contribution in [3.8, 4) is 17.9 Å². The summed E-state index contributed by atoms with van der Waals surface area (Å²) < 4.78 is 0. The van der Waals surface area contributed by atoms with Crippen molar-refractivity contribution >= 4 is 11.1 Å². The number of rotatable bonds is 2. The van der Waals surface area contributed by atoms with Crippen molar-refractivity contribution in [3.05, 3.63) is 65.7 Å². The van der Waals surface area contributed by atoms with Gasteiger partial charge in [-0.2, -0.15) is 10.5 Å². The Morgan fingerprint density at radius 3 is 1.68 bits per heavy atom. The first kappa shape index (κ1) is 12.4. The molecule has 0 fully saturated rings. The maximum Gasteiger partial charge on any atom is 0.115 e. The van der Waals surface area contributed by atoms with Crippen LogP contribution in [-0.4, -0.2) is 5.11 Å². The van der Waals surface area contributed by atoms with Gasteiger partial charge in [-0.25, -0.2) is 0 Å². The maximum atomic E-state index is 9.29. The summed E-state index contributed by atoms with van der Waals surface area (Å²) in [7, 11) is 0. The molecule has 0 bridgehead atoms. The first-order valence-corrected chi connectivity index (χ1v) is 5.65. The smallest absolute Gasteiger partial charge is 0.115 e. The molecule has 2 aromatic rings. The topological polar surface area (TPSA) is 67.8 Å². The van der Waals surface area contributed by atoms with Gasteiger partial charge in [-0.1, -0.05) is 30.3 Å². The molecule has 2 aromatic carbocycles. The zero-order valence-corrected chi connectivity index (χ0v) is 10.0. The van der Waals surface area contributed by atoms with Crippen LogP contribution in [0.25, 0.3) is 11.1 Å². The molecule has 0 spiro atoms. The van der Waals surface area contributed by atoms with Crippen LogP contribution in [0.3, 0.4) is 0 Å². The maximum absolute atomic E-state index is 9.29. The van der Waals surface area contributed by atoms with E-state index in [1.165, 1.54) is 12.1 Å². The first-order chi connectivity index (χ1) is 9.26. The summed E-state index contributed by atoms with van der Waals surface area (Å²) in [6.07, 6.45) is 0. The third kappa shape index (κ3) is 2.62. The Bertz CT molecular complexity index is 686. The highest BCUT2D eigenvalue weighted by Crippen LogP contribution is 2.26. The SMILES string of the molecule is N#C/C(=C(/C#N)c1ccc(O)cc1)c1ccccc1. The molecule has 1 N–H and O–H groups in total. The lowest BCUT2D eigenvalue weighted by Gasteiger charge is -2.04. The van der Waals surface area contributed by atoms with Crippen molar-refractivity contribution in [1.82, 2.24) is 0 Å². The fourth-order valence-electron chi connectivity index (χ4n) is 1.76. The fourth-order valence-corrected chi connectivity index (χ4v) is 1.76. The molecule has 2 rings (SSSR count). The summed E-state index contributed by atoms with van der Waals surface area (Å²) in [6.45, 7) is 0. The Labute approximate surface area is 111 Å². The molecule has 0 radical (unpaired) electrons. The summed E-state index contributed by atoms with van der Waals surface area (Å²) in [5.41, 5.74) is 1.94. The van der Waals surface area contributed by atoms with Crippen LogP contribution in [0, 0.1) is 22.7 Å². The minimum atomic E-state index is 0.124. The summed E-state index contributed by atoms with van der Waals surface area (Å²) in [6, 6.07) is 19.4. The van der Waals surface area contributed by atoms with Crippen LogP contribution in [0.2, 0.25) is 0 Å². The zero-order valence-electron chi connectivity index (χ0n) is 10.0. The molecule has 0 saturated heterocycles. The van der Waals surface area contributed by atoms with Crippen LogP contribution in [0.15, 0.2) is 54.6 Å². The van der Waals surface area contributed by atoms with E-state index in [4.69, 9.17) is 0 Å². The van der Waals surface area contributed by atoms with Crippen molar-refractivity contribution in [3.63, 3.8) is 0 Å². The van der Waals surface area contributed by atoms with Crippen molar-refractivity contribution in [1.29, 1.82) is 10.5 Å². The summed E-state index contributed by atoms with van der Waals surface area (Å²) >= 11 is 0. The predicted octanol–water partition coefficient (Wildman–Crippen LogP) is 3.35. The van der Waals surface area contributed by atoms with E-state index < -0.39 is 0 Å². The second-order valence-electron chi connectivity index (χ2n) is 3.89. The lowest BCUT2D eigenvalue weighted by atomic mass is 9.96. The van der Waals surface area contributed by atoms with E-state index in [9.17, 15) is 15.6 Å². The minimum Gasteiger partial charge on any atom is -0.508 e. The Morgan fingerprint density at radius 1 is 0.737 bits per heavy atom. The zero-order chi connectivity index (χ0) is 13.7. The van der Waals surface area contributed by atoms with Gasteiger partial charge in [0.1, 0.15) is 17.9 Å². The first-order valence-electron chi connectivity index (χ1n) is 5.65. The van der Waals surface area contributed by atoms with E-state index in [0.717, 1.165) is 0 Å². The highest BCUT2D eigenvalue weighted by molar-refractivity contribution is 6.02. The van der Waals surface area contributed by atoms with Crippen LogP contribution in [0.4, 0.5) is 0 Å². The largest absolute Gasteiger partial charge is 0.508 e. The molecular weight excluding hydrogens is 236 g/mol. The number of nitriles is 2. The van der Waals surface area contributed by atoms with Gasteiger partial charge < -0.3 is 5.11 Å². The van der Waals surface area contributed by atoms with Gasteiger partial charge in [0.15, 0.2) is 0 Å². The fraction of sp³-hybridized carbons (Fsp3) is 0. The van der Waals surface area contributed by atoms with Gasteiger partial charge in [0, 0.05) is 0 Å². The molecular formula is C16H10N2O. The summed E-state index contributed by atoms with van der Waals surface area (Å²) in [5.74, 6) is 0.124. The van der Waals surface area contributed by atoms with Crippen LogP contribution in [0.1, 0.15) is 11.1 Å². The van der Waals surface area contributed by atoms with Crippen LogP contribution < -0.4 is 0 Å². The number of allylic oxidation sites excluding steroid dienone is 2. The molecule has 0 saturated carbocycles. The van der Waals surface area contributed by atoms with Crippen LogP contribution >= 0.6 is 0 Å². The minimum absolute atomic E-state index is 0.124. The number of benzene rings is 2. The molecule has 0 atom stereocenters.